The van der Waals surface area contributed by atoms with Crippen molar-refractivity contribution in [2.45, 2.75) is 71.5 Å². The summed E-state index contributed by atoms with van der Waals surface area (Å²) >= 11 is 0. The molecule has 0 aliphatic heterocycles. The van der Waals surface area contributed by atoms with E-state index in [0.717, 1.165) is 30.6 Å². The number of esters is 1. The van der Waals surface area contributed by atoms with Gasteiger partial charge in [-0.3, -0.25) is 0 Å². The largest absolute Gasteiger partial charge is 0.491 e. The maximum atomic E-state index is 12.3. The van der Waals surface area contributed by atoms with E-state index >= 15 is 0 Å². The van der Waals surface area contributed by atoms with Crippen LogP contribution in [0.15, 0.2) is 91.0 Å². The van der Waals surface area contributed by atoms with Crippen molar-refractivity contribution in [3.05, 3.63) is 136 Å². The highest BCUT2D eigenvalue weighted by Crippen LogP contribution is 2.38. The molecule has 5 heteroatoms. The number of ether oxygens (including phenoxy) is 4. The Morgan fingerprint density at radius 1 is 0.723 bits per heavy atom. The average Bonchev–Trinajstić information content (AvgIpc) is 3.26. The number of benzene rings is 4. The Morgan fingerprint density at radius 2 is 1.53 bits per heavy atom. The summed E-state index contributed by atoms with van der Waals surface area (Å²) in [4.78, 5) is 12.3. The predicted octanol–water partition coefficient (Wildman–Crippen LogP) is 8.99. The molecule has 1 aliphatic rings. The summed E-state index contributed by atoms with van der Waals surface area (Å²) in [7, 11) is 0. The maximum Gasteiger partial charge on any atom is 0.335 e. The lowest BCUT2D eigenvalue weighted by Gasteiger charge is -2.23. The van der Waals surface area contributed by atoms with Crippen molar-refractivity contribution in [3.8, 4) is 5.75 Å². The molecule has 0 radical (unpaired) electrons. The molecule has 0 amide bonds. The Kier molecular flexibility index (Phi) is 12.8. The fraction of sp³-hybridized carbons (Fsp3) is 0.357. The van der Waals surface area contributed by atoms with E-state index in [2.05, 4.69) is 85.8 Å². The van der Waals surface area contributed by atoms with E-state index in [1.165, 1.54) is 51.8 Å². The van der Waals surface area contributed by atoms with Gasteiger partial charge in [-0.25, -0.2) is 4.79 Å². The summed E-state index contributed by atoms with van der Waals surface area (Å²) in [6.07, 6.45) is 9.54. The van der Waals surface area contributed by atoms with E-state index < -0.39 is 6.10 Å². The Bertz CT molecular complexity index is 1590. The van der Waals surface area contributed by atoms with Gasteiger partial charge in [0.2, 0.25) is 0 Å². The lowest BCUT2D eigenvalue weighted by molar-refractivity contribution is -0.156. The molecule has 47 heavy (non-hydrogen) atoms. The Labute approximate surface area is 280 Å². The first kappa shape index (κ1) is 34.2. The van der Waals surface area contributed by atoms with Crippen molar-refractivity contribution < 1.29 is 23.7 Å². The molecule has 0 aromatic heterocycles. The second kappa shape index (κ2) is 17.7. The molecule has 5 nitrogen and oxygen atoms in total. The number of fused-ring (bicyclic) bond motifs is 2. The summed E-state index contributed by atoms with van der Waals surface area (Å²) in [5, 5.41) is 0. The van der Waals surface area contributed by atoms with Crippen LogP contribution in [0.5, 0.6) is 5.75 Å². The molecule has 0 spiro atoms. The number of unbranched alkanes of at least 4 members (excludes halogenated alkanes) is 1. The third-order valence-electron chi connectivity index (χ3n) is 8.62. The topological polar surface area (TPSA) is 54.0 Å². The van der Waals surface area contributed by atoms with Crippen molar-refractivity contribution in [1.82, 2.24) is 0 Å². The normalized spacial score (nSPS) is 14.1. The fourth-order valence-electron chi connectivity index (χ4n) is 6.17. The molecular formula is C42H48O5. The molecule has 0 N–H and O–H groups in total. The first-order valence-electron chi connectivity index (χ1n) is 17.2. The summed E-state index contributed by atoms with van der Waals surface area (Å²) in [6, 6.07) is 32.0. The molecule has 1 aliphatic carbocycles. The summed E-state index contributed by atoms with van der Waals surface area (Å²) in [5.41, 5.74) is 9.88. The van der Waals surface area contributed by atoms with Crippen molar-refractivity contribution in [3.63, 3.8) is 0 Å². The standard InChI is InChI=1S/C42H48O5/c1-4-7-12-32-18-22-35-23-26-37-34(21-17-31-13-9-8-10-14-31)15-11-16-38(37)41(39(35)29-32)47-28-27-46-36-24-19-33(20-25-36)30-40(44-5-2)42(43)45-6-3/h8-11,13-16,18-20,22-26,29,40-41H,4-7,12,17,21,27-28,30H2,1-3H3. The van der Waals surface area contributed by atoms with Crippen LogP contribution in [-0.4, -0.2) is 38.5 Å². The van der Waals surface area contributed by atoms with Crippen LogP contribution in [0.3, 0.4) is 0 Å². The van der Waals surface area contributed by atoms with Crippen LogP contribution < -0.4 is 4.74 Å². The van der Waals surface area contributed by atoms with E-state index in [1.54, 1.807) is 6.92 Å². The van der Waals surface area contributed by atoms with Gasteiger partial charge < -0.3 is 18.9 Å². The smallest absolute Gasteiger partial charge is 0.335 e. The molecule has 0 heterocycles. The predicted molar refractivity (Wildman–Crippen MR) is 190 cm³/mol. The quantitative estimate of drug-likeness (QED) is 0.0859. The van der Waals surface area contributed by atoms with Gasteiger partial charge in [0.05, 0.1) is 13.2 Å². The van der Waals surface area contributed by atoms with Crippen molar-refractivity contribution in [2.24, 2.45) is 0 Å². The fourth-order valence-corrected chi connectivity index (χ4v) is 6.17. The van der Waals surface area contributed by atoms with Gasteiger partial charge in [-0.1, -0.05) is 104 Å². The van der Waals surface area contributed by atoms with Crippen LogP contribution in [0.4, 0.5) is 0 Å². The number of rotatable bonds is 17. The van der Waals surface area contributed by atoms with E-state index in [0.29, 0.717) is 32.8 Å². The molecule has 0 saturated carbocycles. The van der Waals surface area contributed by atoms with Gasteiger partial charge in [-0.05, 0) is 96.2 Å². The van der Waals surface area contributed by atoms with Crippen LogP contribution in [0, 0.1) is 0 Å². The van der Waals surface area contributed by atoms with Gasteiger partial charge in [-0.15, -0.1) is 0 Å². The highest BCUT2D eigenvalue weighted by Gasteiger charge is 2.24. The SMILES string of the molecule is CCCCc1ccc2c(c1)C(OCCOc1ccc(CC(OCC)C(=O)OCC)cc1)c1cccc(CCc3ccccc3)c1C=C2. The van der Waals surface area contributed by atoms with Crippen molar-refractivity contribution >= 4 is 18.1 Å². The molecule has 2 atom stereocenters. The highest BCUT2D eigenvalue weighted by molar-refractivity contribution is 5.78. The molecule has 246 valence electrons. The molecule has 0 saturated heterocycles. The van der Waals surface area contributed by atoms with Gasteiger partial charge in [-0.2, -0.15) is 0 Å². The Balaban J connectivity index is 1.29. The van der Waals surface area contributed by atoms with Gasteiger partial charge >= 0.3 is 5.97 Å². The second-order valence-corrected chi connectivity index (χ2v) is 11.9. The van der Waals surface area contributed by atoms with Gasteiger partial charge in [0.15, 0.2) is 6.10 Å². The number of carbonyl (C=O) groups is 1. The lowest BCUT2D eigenvalue weighted by atomic mass is 9.90. The van der Waals surface area contributed by atoms with Gasteiger partial charge in [0.25, 0.3) is 0 Å². The van der Waals surface area contributed by atoms with Crippen LogP contribution in [0.2, 0.25) is 0 Å². The molecular weight excluding hydrogens is 584 g/mol. The maximum absolute atomic E-state index is 12.3. The minimum Gasteiger partial charge on any atom is -0.491 e. The van der Waals surface area contributed by atoms with E-state index in [-0.39, 0.29) is 12.1 Å². The zero-order chi connectivity index (χ0) is 32.8. The summed E-state index contributed by atoms with van der Waals surface area (Å²) in [5.74, 6) is 0.430. The van der Waals surface area contributed by atoms with E-state index in [1.807, 2.05) is 31.2 Å². The van der Waals surface area contributed by atoms with Crippen molar-refractivity contribution in [2.75, 3.05) is 26.4 Å². The molecule has 2 unspecified atom stereocenters. The van der Waals surface area contributed by atoms with Crippen LogP contribution >= 0.6 is 0 Å². The summed E-state index contributed by atoms with van der Waals surface area (Å²) < 4.78 is 23.7. The van der Waals surface area contributed by atoms with Gasteiger partial charge in [0, 0.05) is 13.0 Å². The molecule has 0 fully saturated rings. The van der Waals surface area contributed by atoms with E-state index in [9.17, 15) is 4.79 Å². The molecule has 5 rings (SSSR count). The third kappa shape index (κ3) is 9.43. The molecule has 0 bridgehead atoms. The minimum absolute atomic E-state index is 0.197. The first-order valence-corrected chi connectivity index (χ1v) is 17.2. The Morgan fingerprint density at radius 3 is 2.30 bits per heavy atom. The average molecular weight is 633 g/mol. The van der Waals surface area contributed by atoms with Crippen LogP contribution in [-0.2, 0) is 44.7 Å². The zero-order valence-corrected chi connectivity index (χ0v) is 28.1. The third-order valence-corrected chi connectivity index (χ3v) is 8.62. The van der Waals surface area contributed by atoms with Crippen molar-refractivity contribution in [1.29, 1.82) is 0 Å². The molecule has 4 aromatic rings. The number of hydrogen-bond donors (Lipinski definition) is 0. The number of hydrogen-bond acceptors (Lipinski definition) is 5. The zero-order valence-electron chi connectivity index (χ0n) is 28.1. The second-order valence-electron chi connectivity index (χ2n) is 11.9. The number of carbonyl (C=O) groups excluding carboxylic acids is 1. The monoisotopic (exact) mass is 632 g/mol. The Hall–Kier alpha value is -4.19. The van der Waals surface area contributed by atoms with E-state index in [4.69, 9.17) is 18.9 Å². The van der Waals surface area contributed by atoms with Crippen LogP contribution in [0.25, 0.3) is 12.2 Å². The molecule has 4 aromatic carbocycles. The lowest BCUT2D eigenvalue weighted by Crippen LogP contribution is -2.28. The number of aryl methyl sites for hydroxylation is 3. The van der Waals surface area contributed by atoms with Crippen LogP contribution in [0.1, 0.15) is 84.2 Å². The van der Waals surface area contributed by atoms with Gasteiger partial charge in [0.1, 0.15) is 18.5 Å². The first-order chi connectivity index (χ1) is 23.1. The highest BCUT2D eigenvalue weighted by atomic mass is 16.6. The summed E-state index contributed by atoms with van der Waals surface area (Å²) in [6.45, 7) is 7.56. The minimum atomic E-state index is -0.610.